The molecule has 0 spiro atoms. The summed E-state index contributed by atoms with van der Waals surface area (Å²) in [6, 6.07) is 6.12. The first-order valence-electron chi connectivity index (χ1n) is 7.64. The maximum Gasteiger partial charge on any atom is 0.227 e. The summed E-state index contributed by atoms with van der Waals surface area (Å²) in [6.45, 7) is 5.81. The van der Waals surface area contributed by atoms with Gasteiger partial charge in [-0.2, -0.15) is 4.37 Å². The minimum atomic E-state index is -0.276. The first-order valence-corrected chi connectivity index (χ1v) is 8.41. The van der Waals surface area contributed by atoms with Crippen LogP contribution in [0.3, 0.4) is 0 Å². The summed E-state index contributed by atoms with van der Waals surface area (Å²) in [5.41, 5.74) is 0.850. The number of hydrogen-bond donors (Lipinski definition) is 0. The number of hydrogen-bond acceptors (Lipinski definition) is 5. The smallest absolute Gasteiger partial charge is 0.227 e. The van der Waals surface area contributed by atoms with Gasteiger partial charge in [0.2, 0.25) is 5.91 Å². The summed E-state index contributed by atoms with van der Waals surface area (Å²) >= 11 is 1.44. The third-order valence-electron chi connectivity index (χ3n) is 3.92. The maximum absolute atomic E-state index is 12.9. The highest BCUT2D eigenvalue weighted by molar-refractivity contribution is 7.05. The first-order chi connectivity index (χ1) is 11.1. The number of aromatic nitrogens is 2. The molecule has 0 saturated carbocycles. The number of benzene rings is 1. The molecule has 1 fully saturated rings. The minimum absolute atomic E-state index is 0.100. The summed E-state index contributed by atoms with van der Waals surface area (Å²) in [5, 5.41) is 1.02. The average molecular weight is 334 g/mol. The number of halogens is 1. The fourth-order valence-corrected chi connectivity index (χ4v) is 3.33. The molecule has 2 heterocycles. The minimum Gasteiger partial charge on any atom is -0.340 e. The quantitative estimate of drug-likeness (QED) is 0.856. The third-order valence-corrected chi connectivity index (χ3v) is 4.71. The lowest BCUT2D eigenvalue weighted by atomic mass is 10.1. The molecular formula is C16H19FN4OS. The number of piperazine rings is 1. The first kappa shape index (κ1) is 16.0. The Labute approximate surface area is 138 Å². The summed E-state index contributed by atoms with van der Waals surface area (Å²) in [5.74, 6) is 0.642. The molecule has 1 aliphatic heterocycles. The number of nitrogens with zero attached hydrogens (tertiary/aromatic N) is 4. The summed E-state index contributed by atoms with van der Waals surface area (Å²) in [6.07, 6.45) is 0.329. The predicted molar refractivity (Wildman–Crippen MR) is 86.6 cm³/mol. The second-order valence-corrected chi connectivity index (χ2v) is 6.53. The van der Waals surface area contributed by atoms with Crippen molar-refractivity contribution in [2.24, 2.45) is 0 Å². The van der Waals surface area contributed by atoms with Gasteiger partial charge in [-0.1, -0.05) is 12.1 Å². The summed E-state index contributed by atoms with van der Waals surface area (Å²) in [7, 11) is 0. The number of aryl methyl sites for hydroxylation is 1. The van der Waals surface area contributed by atoms with Crippen LogP contribution in [0.25, 0.3) is 0 Å². The van der Waals surface area contributed by atoms with E-state index in [2.05, 4.69) is 14.3 Å². The van der Waals surface area contributed by atoms with Crippen molar-refractivity contribution in [3.63, 3.8) is 0 Å². The zero-order chi connectivity index (χ0) is 16.2. The van der Waals surface area contributed by atoms with Crippen LogP contribution in [0.1, 0.15) is 16.4 Å². The van der Waals surface area contributed by atoms with Crippen molar-refractivity contribution < 1.29 is 9.18 Å². The molecule has 1 aromatic heterocycles. The maximum atomic E-state index is 12.9. The van der Waals surface area contributed by atoms with Crippen molar-refractivity contribution in [2.45, 2.75) is 19.9 Å². The molecule has 0 N–H and O–H groups in total. The molecule has 0 radical (unpaired) electrons. The summed E-state index contributed by atoms with van der Waals surface area (Å²) in [4.78, 5) is 20.9. The van der Waals surface area contributed by atoms with Gasteiger partial charge in [-0.15, -0.1) is 0 Å². The fourth-order valence-electron chi connectivity index (χ4n) is 2.64. The van der Waals surface area contributed by atoms with E-state index in [0.717, 1.165) is 49.1 Å². The lowest BCUT2D eigenvalue weighted by Crippen LogP contribution is -2.48. The molecule has 3 rings (SSSR count). The van der Waals surface area contributed by atoms with Crippen LogP contribution in [0.15, 0.2) is 24.3 Å². The van der Waals surface area contributed by atoms with E-state index in [0.29, 0.717) is 6.42 Å². The lowest BCUT2D eigenvalue weighted by Gasteiger charge is -2.34. The van der Waals surface area contributed by atoms with E-state index in [1.165, 1.54) is 23.7 Å². The van der Waals surface area contributed by atoms with Crippen LogP contribution in [0, 0.1) is 12.7 Å². The molecule has 0 unspecified atom stereocenters. The van der Waals surface area contributed by atoms with Gasteiger partial charge in [0.05, 0.1) is 13.0 Å². The van der Waals surface area contributed by atoms with Crippen LogP contribution in [0.4, 0.5) is 4.39 Å². The van der Waals surface area contributed by atoms with Gasteiger partial charge in [-0.05, 0) is 36.2 Å². The molecule has 0 bridgehead atoms. The van der Waals surface area contributed by atoms with E-state index in [1.54, 1.807) is 12.1 Å². The monoisotopic (exact) mass is 334 g/mol. The lowest BCUT2D eigenvalue weighted by molar-refractivity contribution is -0.132. The Morgan fingerprint density at radius 3 is 2.52 bits per heavy atom. The molecule has 1 aliphatic rings. The van der Waals surface area contributed by atoms with Crippen LogP contribution >= 0.6 is 11.5 Å². The third kappa shape index (κ3) is 4.33. The highest BCUT2D eigenvalue weighted by Crippen LogP contribution is 2.12. The second-order valence-electron chi connectivity index (χ2n) is 5.70. The van der Waals surface area contributed by atoms with E-state index < -0.39 is 0 Å². The van der Waals surface area contributed by atoms with E-state index in [-0.39, 0.29) is 11.7 Å². The second kappa shape index (κ2) is 7.14. The largest absolute Gasteiger partial charge is 0.340 e. The van der Waals surface area contributed by atoms with Crippen molar-refractivity contribution in [1.29, 1.82) is 0 Å². The number of carbonyl (C=O) groups excluding carboxylic acids is 1. The van der Waals surface area contributed by atoms with Gasteiger partial charge in [0, 0.05) is 26.2 Å². The predicted octanol–water partition coefficient (Wildman–Crippen LogP) is 1.87. The van der Waals surface area contributed by atoms with Crippen molar-refractivity contribution in [2.75, 3.05) is 26.2 Å². The molecule has 7 heteroatoms. The van der Waals surface area contributed by atoms with E-state index in [4.69, 9.17) is 0 Å². The molecule has 1 amide bonds. The zero-order valence-corrected chi connectivity index (χ0v) is 13.9. The fraction of sp³-hybridized carbons (Fsp3) is 0.438. The molecular weight excluding hydrogens is 315 g/mol. The van der Waals surface area contributed by atoms with E-state index in [1.807, 2.05) is 11.8 Å². The van der Waals surface area contributed by atoms with Crippen LogP contribution in [0.5, 0.6) is 0 Å². The molecule has 1 aromatic carbocycles. The molecule has 0 aliphatic carbocycles. The standard InChI is InChI=1S/C16H19FN4OS/c1-12-18-15(23-19-12)11-20-6-8-21(9-7-20)16(22)10-13-2-4-14(17)5-3-13/h2-5H,6-11H2,1H3. The van der Waals surface area contributed by atoms with Crippen molar-refractivity contribution in [1.82, 2.24) is 19.2 Å². The molecule has 122 valence electrons. The van der Waals surface area contributed by atoms with Gasteiger partial charge in [-0.3, -0.25) is 9.69 Å². The van der Waals surface area contributed by atoms with Gasteiger partial charge < -0.3 is 4.90 Å². The van der Waals surface area contributed by atoms with Gasteiger partial charge in [0.1, 0.15) is 16.6 Å². The van der Waals surface area contributed by atoms with Crippen LogP contribution in [-0.2, 0) is 17.8 Å². The molecule has 5 nitrogen and oxygen atoms in total. The SMILES string of the molecule is Cc1nsc(CN2CCN(C(=O)Cc3ccc(F)cc3)CC2)n1. The van der Waals surface area contributed by atoms with E-state index in [9.17, 15) is 9.18 Å². The van der Waals surface area contributed by atoms with Gasteiger partial charge in [0.15, 0.2) is 0 Å². The number of amides is 1. The van der Waals surface area contributed by atoms with Gasteiger partial charge in [-0.25, -0.2) is 9.37 Å². The average Bonchev–Trinajstić information content (AvgIpc) is 2.95. The van der Waals surface area contributed by atoms with Crippen molar-refractivity contribution >= 4 is 17.4 Å². The number of carbonyl (C=O) groups is 1. The van der Waals surface area contributed by atoms with Gasteiger partial charge >= 0.3 is 0 Å². The number of rotatable bonds is 4. The van der Waals surface area contributed by atoms with Gasteiger partial charge in [0.25, 0.3) is 0 Å². The van der Waals surface area contributed by atoms with Crippen molar-refractivity contribution in [3.05, 3.63) is 46.5 Å². The Bertz CT molecular complexity index is 665. The highest BCUT2D eigenvalue weighted by atomic mass is 32.1. The Morgan fingerprint density at radius 1 is 1.22 bits per heavy atom. The molecule has 1 saturated heterocycles. The normalized spacial score (nSPS) is 15.8. The Kier molecular flexibility index (Phi) is 4.97. The van der Waals surface area contributed by atoms with Crippen molar-refractivity contribution in [3.8, 4) is 0 Å². The topological polar surface area (TPSA) is 49.3 Å². The Hall–Kier alpha value is -1.86. The Morgan fingerprint density at radius 2 is 1.91 bits per heavy atom. The summed E-state index contributed by atoms with van der Waals surface area (Å²) < 4.78 is 17.1. The zero-order valence-electron chi connectivity index (χ0n) is 13.0. The van der Waals surface area contributed by atoms with Crippen LogP contribution in [0.2, 0.25) is 0 Å². The van der Waals surface area contributed by atoms with Crippen LogP contribution in [-0.4, -0.2) is 51.2 Å². The Balaban J connectivity index is 1.48. The highest BCUT2D eigenvalue weighted by Gasteiger charge is 2.21. The molecule has 2 aromatic rings. The molecule has 0 atom stereocenters. The van der Waals surface area contributed by atoms with E-state index >= 15 is 0 Å². The molecule has 23 heavy (non-hydrogen) atoms. The van der Waals surface area contributed by atoms with Crippen LogP contribution < -0.4 is 0 Å².